The van der Waals surface area contributed by atoms with E-state index in [2.05, 4.69) is 53.8 Å². The zero-order valence-corrected chi connectivity index (χ0v) is 17.2. The number of ether oxygens (including phenoxy) is 3. The van der Waals surface area contributed by atoms with Crippen molar-refractivity contribution in [1.29, 1.82) is 0 Å². The van der Waals surface area contributed by atoms with Gasteiger partial charge in [-0.1, -0.05) is 78.9 Å². The fraction of sp³-hybridized carbons (Fsp3) is 0.308. The van der Waals surface area contributed by atoms with Gasteiger partial charge in [-0.15, -0.1) is 0 Å². The Bertz CT molecular complexity index is 818. The van der Waals surface area contributed by atoms with Gasteiger partial charge in [0.15, 0.2) is 6.29 Å². The summed E-state index contributed by atoms with van der Waals surface area (Å²) in [5, 5.41) is 3.43. The molecule has 4 heteroatoms. The van der Waals surface area contributed by atoms with Crippen LogP contribution in [0.2, 0.25) is 0 Å². The molecule has 30 heavy (non-hydrogen) atoms. The van der Waals surface area contributed by atoms with Crippen LogP contribution in [-0.2, 0) is 9.47 Å². The summed E-state index contributed by atoms with van der Waals surface area (Å²) in [6.45, 7) is 2.96. The van der Waals surface area contributed by atoms with Gasteiger partial charge in [-0.25, -0.2) is 0 Å². The van der Waals surface area contributed by atoms with E-state index in [0.717, 1.165) is 25.3 Å². The molecule has 0 aromatic heterocycles. The van der Waals surface area contributed by atoms with E-state index in [1.165, 1.54) is 11.1 Å². The van der Waals surface area contributed by atoms with Crippen LogP contribution in [0, 0.1) is 0 Å². The van der Waals surface area contributed by atoms with Crippen LogP contribution in [0.15, 0.2) is 91.0 Å². The molecular formula is C26H29NO3. The maximum atomic E-state index is 6.31. The minimum Gasteiger partial charge on any atom is -0.492 e. The van der Waals surface area contributed by atoms with Gasteiger partial charge in [-0.05, 0) is 36.2 Å². The van der Waals surface area contributed by atoms with E-state index in [0.29, 0.717) is 13.2 Å². The minimum atomic E-state index is -0.263. The second kappa shape index (κ2) is 10.9. The lowest BCUT2D eigenvalue weighted by Gasteiger charge is -2.24. The Labute approximate surface area is 178 Å². The smallest absolute Gasteiger partial charge is 0.169 e. The van der Waals surface area contributed by atoms with Crippen LogP contribution in [-0.4, -0.2) is 38.7 Å². The highest BCUT2D eigenvalue weighted by molar-refractivity contribution is 5.33. The van der Waals surface area contributed by atoms with Gasteiger partial charge in [0.05, 0.1) is 18.6 Å². The second-order valence-corrected chi connectivity index (χ2v) is 7.46. The van der Waals surface area contributed by atoms with Crippen molar-refractivity contribution in [3.8, 4) is 5.75 Å². The van der Waals surface area contributed by atoms with Crippen LogP contribution in [0.5, 0.6) is 5.75 Å². The van der Waals surface area contributed by atoms with Gasteiger partial charge in [0.25, 0.3) is 0 Å². The number of rotatable bonds is 10. The highest BCUT2D eigenvalue weighted by Crippen LogP contribution is 2.34. The highest BCUT2D eigenvalue weighted by Gasteiger charge is 2.34. The van der Waals surface area contributed by atoms with Gasteiger partial charge < -0.3 is 19.5 Å². The van der Waals surface area contributed by atoms with Crippen molar-refractivity contribution < 1.29 is 14.2 Å². The predicted molar refractivity (Wildman–Crippen MR) is 119 cm³/mol. The van der Waals surface area contributed by atoms with E-state index in [4.69, 9.17) is 14.2 Å². The summed E-state index contributed by atoms with van der Waals surface area (Å²) in [7, 11) is 0. The van der Waals surface area contributed by atoms with E-state index in [-0.39, 0.29) is 18.3 Å². The highest BCUT2D eigenvalue weighted by atomic mass is 16.7. The van der Waals surface area contributed by atoms with E-state index < -0.39 is 0 Å². The first-order valence-corrected chi connectivity index (χ1v) is 10.7. The average molecular weight is 404 g/mol. The van der Waals surface area contributed by atoms with Gasteiger partial charge in [0.2, 0.25) is 0 Å². The molecule has 0 radical (unpaired) electrons. The predicted octanol–water partition coefficient (Wildman–Crippen LogP) is 4.62. The Balaban J connectivity index is 1.24. The lowest BCUT2D eigenvalue weighted by Crippen LogP contribution is -2.27. The van der Waals surface area contributed by atoms with Crippen LogP contribution >= 0.6 is 0 Å². The first-order chi connectivity index (χ1) is 14.9. The Hall–Kier alpha value is -2.66. The van der Waals surface area contributed by atoms with Crippen molar-refractivity contribution in [2.45, 2.75) is 24.7 Å². The normalized spacial score (nSPS) is 18.6. The van der Waals surface area contributed by atoms with Gasteiger partial charge in [0, 0.05) is 6.54 Å². The Kier molecular flexibility index (Phi) is 7.51. The minimum absolute atomic E-state index is 0.0737. The van der Waals surface area contributed by atoms with E-state index in [9.17, 15) is 0 Å². The van der Waals surface area contributed by atoms with Crippen molar-refractivity contribution >= 4 is 0 Å². The molecule has 156 valence electrons. The number of para-hydroxylation sites is 1. The molecule has 3 aromatic rings. The number of hydrogen-bond donors (Lipinski definition) is 1. The molecular weight excluding hydrogens is 374 g/mol. The number of nitrogens with one attached hydrogen (secondary N) is 1. The van der Waals surface area contributed by atoms with Gasteiger partial charge >= 0.3 is 0 Å². The Morgan fingerprint density at radius 2 is 1.40 bits per heavy atom. The maximum absolute atomic E-state index is 6.31. The van der Waals surface area contributed by atoms with Crippen molar-refractivity contribution in [2.75, 3.05) is 26.3 Å². The standard InChI is InChI=1S/C26H29NO3/c1-4-10-21(11-5-1)25(22-12-6-2-7-13-22)26-29-20-24(30-26)16-17-27-18-19-28-23-14-8-3-9-15-23/h1-15,24-27H,16-20H2/t24-,26-/m0/s1. The summed E-state index contributed by atoms with van der Waals surface area (Å²) in [6.07, 6.45) is 0.756. The molecule has 0 saturated carbocycles. The lowest BCUT2D eigenvalue weighted by atomic mass is 9.91. The van der Waals surface area contributed by atoms with Gasteiger partial charge in [-0.2, -0.15) is 0 Å². The summed E-state index contributed by atoms with van der Waals surface area (Å²) in [5.41, 5.74) is 2.43. The van der Waals surface area contributed by atoms with Gasteiger partial charge in [-0.3, -0.25) is 0 Å². The van der Waals surface area contributed by atoms with Gasteiger partial charge in [0.1, 0.15) is 12.4 Å². The SMILES string of the molecule is c1ccc(OCCNCC[C@H]2CO[C@H](C(c3ccccc3)c3ccccc3)O2)cc1. The lowest BCUT2D eigenvalue weighted by molar-refractivity contribution is -0.0681. The number of benzene rings is 3. The Morgan fingerprint density at radius 1 is 0.800 bits per heavy atom. The molecule has 1 heterocycles. The van der Waals surface area contributed by atoms with Crippen LogP contribution in [0.3, 0.4) is 0 Å². The zero-order valence-electron chi connectivity index (χ0n) is 17.2. The van der Waals surface area contributed by atoms with Crippen LogP contribution in [0.25, 0.3) is 0 Å². The molecule has 1 N–H and O–H groups in total. The monoisotopic (exact) mass is 403 g/mol. The molecule has 0 spiro atoms. The van der Waals surface area contributed by atoms with Crippen molar-refractivity contribution in [1.82, 2.24) is 5.32 Å². The summed E-state index contributed by atoms with van der Waals surface area (Å²) in [4.78, 5) is 0. The molecule has 1 fully saturated rings. The van der Waals surface area contributed by atoms with Crippen molar-refractivity contribution in [2.24, 2.45) is 0 Å². The molecule has 0 bridgehead atoms. The second-order valence-electron chi connectivity index (χ2n) is 7.46. The molecule has 2 atom stereocenters. The topological polar surface area (TPSA) is 39.7 Å². The molecule has 1 aliphatic rings. The fourth-order valence-corrected chi connectivity index (χ4v) is 3.77. The molecule has 1 aliphatic heterocycles. The maximum Gasteiger partial charge on any atom is 0.169 e. The quantitative estimate of drug-likeness (QED) is 0.502. The first kappa shape index (κ1) is 20.6. The fourth-order valence-electron chi connectivity index (χ4n) is 3.77. The summed E-state index contributed by atoms with van der Waals surface area (Å²) in [5.74, 6) is 0.979. The van der Waals surface area contributed by atoms with Crippen LogP contribution in [0.4, 0.5) is 0 Å². The molecule has 3 aromatic carbocycles. The van der Waals surface area contributed by atoms with Crippen molar-refractivity contribution in [3.63, 3.8) is 0 Å². The molecule has 0 unspecified atom stereocenters. The van der Waals surface area contributed by atoms with Crippen LogP contribution < -0.4 is 10.1 Å². The average Bonchev–Trinajstić information content (AvgIpc) is 3.27. The van der Waals surface area contributed by atoms with E-state index >= 15 is 0 Å². The molecule has 1 saturated heterocycles. The molecule has 0 aliphatic carbocycles. The first-order valence-electron chi connectivity index (χ1n) is 10.7. The Morgan fingerprint density at radius 3 is 2.03 bits per heavy atom. The molecule has 4 rings (SSSR count). The number of hydrogen-bond acceptors (Lipinski definition) is 4. The third-order valence-electron chi connectivity index (χ3n) is 5.30. The molecule has 0 amide bonds. The summed E-state index contributed by atoms with van der Waals surface area (Å²) >= 11 is 0. The van der Waals surface area contributed by atoms with Crippen LogP contribution in [0.1, 0.15) is 23.5 Å². The van der Waals surface area contributed by atoms with E-state index in [1.807, 2.05) is 42.5 Å². The molecule has 4 nitrogen and oxygen atoms in total. The van der Waals surface area contributed by atoms with Crippen molar-refractivity contribution in [3.05, 3.63) is 102 Å². The summed E-state index contributed by atoms with van der Waals surface area (Å²) in [6, 6.07) is 30.8. The van der Waals surface area contributed by atoms with E-state index in [1.54, 1.807) is 0 Å². The third kappa shape index (κ3) is 5.70. The zero-order chi connectivity index (χ0) is 20.4. The summed E-state index contributed by atoms with van der Waals surface area (Å²) < 4.78 is 18.1. The largest absolute Gasteiger partial charge is 0.492 e. The third-order valence-corrected chi connectivity index (χ3v) is 5.30.